The molecule has 154 valence electrons. The fourth-order valence-electron chi connectivity index (χ4n) is 4.36. The highest BCUT2D eigenvalue weighted by Crippen LogP contribution is 2.30. The zero-order valence-electron chi connectivity index (χ0n) is 17.4. The number of benzene rings is 2. The van der Waals surface area contributed by atoms with Crippen molar-refractivity contribution in [1.29, 1.82) is 0 Å². The van der Waals surface area contributed by atoms with E-state index in [1.54, 1.807) is 0 Å². The molecule has 0 radical (unpaired) electrons. The van der Waals surface area contributed by atoms with E-state index < -0.39 is 0 Å². The van der Waals surface area contributed by atoms with Crippen LogP contribution in [0.5, 0.6) is 0 Å². The van der Waals surface area contributed by atoms with Crippen molar-refractivity contribution >= 4 is 17.2 Å². The number of nitrogens with zero attached hydrogens (tertiary/aromatic N) is 2. The van der Waals surface area contributed by atoms with Gasteiger partial charge in [-0.2, -0.15) is 0 Å². The average molecular weight is 393 g/mol. The molecular weight excluding hydrogens is 360 g/mol. The van der Waals surface area contributed by atoms with Crippen LogP contribution < -0.4 is 15.5 Å². The smallest absolute Gasteiger partial charge is 0.193 e. The van der Waals surface area contributed by atoms with Crippen molar-refractivity contribution in [2.45, 2.75) is 19.8 Å². The van der Waals surface area contributed by atoms with Gasteiger partial charge in [0.25, 0.3) is 0 Å². The Morgan fingerprint density at radius 1 is 1.00 bits per heavy atom. The van der Waals surface area contributed by atoms with Crippen LogP contribution in [0.15, 0.2) is 42.5 Å². The minimum atomic E-state index is 0.0876. The lowest BCUT2D eigenvalue weighted by Gasteiger charge is -2.32. The van der Waals surface area contributed by atoms with Gasteiger partial charge >= 0.3 is 0 Å². The lowest BCUT2D eigenvalue weighted by atomic mass is 9.98. The number of ketones is 1. The molecule has 2 saturated heterocycles. The molecule has 2 fully saturated rings. The van der Waals surface area contributed by atoms with E-state index in [0.717, 1.165) is 56.1 Å². The summed E-state index contributed by atoms with van der Waals surface area (Å²) in [4.78, 5) is 18.1. The molecule has 4 rings (SSSR count). The van der Waals surface area contributed by atoms with Crippen LogP contribution in [0.25, 0.3) is 0 Å². The van der Waals surface area contributed by atoms with E-state index in [-0.39, 0.29) is 5.78 Å². The fraction of sp³-hybridized carbons (Fsp3) is 0.458. The molecule has 0 saturated carbocycles. The van der Waals surface area contributed by atoms with Crippen molar-refractivity contribution in [3.05, 3.63) is 59.2 Å². The predicted octanol–water partition coefficient (Wildman–Crippen LogP) is 3.14. The topological polar surface area (TPSA) is 47.6 Å². The van der Waals surface area contributed by atoms with Gasteiger partial charge in [-0.15, -0.1) is 0 Å². The van der Waals surface area contributed by atoms with Gasteiger partial charge in [0, 0.05) is 61.8 Å². The standard InChI is InChI=1S/C24H32N4O/c1-19-22(26-11-14-27-12-5-6-13-27)17-21(24(29)20-7-3-2-4-8-20)18-23(19)28-15-9-25-10-16-28/h2-4,7-8,17-18,25-26H,5-6,9-16H2,1H3. The molecule has 0 amide bonds. The lowest BCUT2D eigenvalue weighted by Crippen LogP contribution is -2.44. The molecular formula is C24H32N4O. The van der Waals surface area contributed by atoms with Gasteiger partial charge in [-0.1, -0.05) is 30.3 Å². The van der Waals surface area contributed by atoms with Gasteiger partial charge in [0.2, 0.25) is 0 Å². The molecule has 0 aliphatic carbocycles. The van der Waals surface area contributed by atoms with Crippen molar-refractivity contribution in [2.75, 3.05) is 62.6 Å². The van der Waals surface area contributed by atoms with E-state index in [1.807, 2.05) is 36.4 Å². The van der Waals surface area contributed by atoms with Crippen molar-refractivity contribution in [2.24, 2.45) is 0 Å². The van der Waals surface area contributed by atoms with Crippen molar-refractivity contribution in [1.82, 2.24) is 10.2 Å². The molecule has 2 heterocycles. The normalized spacial score (nSPS) is 17.5. The summed E-state index contributed by atoms with van der Waals surface area (Å²) in [5, 5.41) is 7.05. The van der Waals surface area contributed by atoms with Crippen LogP contribution in [0.4, 0.5) is 11.4 Å². The number of hydrogen-bond donors (Lipinski definition) is 2. The summed E-state index contributed by atoms with van der Waals surface area (Å²) in [6, 6.07) is 13.7. The first-order chi connectivity index (χ1) is 14.2. The first-order valence-electron chi connectivity index (χ1n) is 10.9. The summed E-state index contributed by atoms with van der Waals surface area (Å²) in [7, 11) is 0. The molecule has 0 spiro atoms. The Balaban J connectivity index is 1.60. The summed E-state index contributed by atoms with van der Waals surface area (Å²) < 4.78 is 0. The molecule has 5 heteroatoms. The van der Waals surface area contributed by atoms with Crippen LogP contribution in [0.1, 0.15) is 34.3 Å². The van der Waals surface area contributed by atoms with E-state index in [2.05, 4.69) is 33.4 Å². The Hall–Kier alpha value is -2.37. The van der Waals surface area contributed by atoms with Gasteiger partial charge in [-0.3, -0.25) is 4.79 Å². The van der Waals surface area contributed by atoms with E-state index in [4.69, 9.17) is 0 Å². The number of carbonyl (C=O) groups excluding carboxylic acids is 1. The molecule has 2 aromatic rings. The largest absolute Gasteiger partial charge is 0.383 e. The van der Waals surface area contributed by atoms with E-state index in [0.29, 0.717) is 0 Å². The first-order valence-corrected chi connectivity index (χ1v) is 10.9. The number of nitrogens with one attached hydrogen (secondary N) is 2. The van der Waals surface area contributed by atoms with Gasteiger partial charge in [-0.05, 0) is 50.6 Å². The van der Waals surface area contributed by atoms with Gasteiger partial charge in [0.15, 0.2) is 5.78 Å². The highest BCUT2D eigenvalue weighted by molar-refractivity contribution is 6.10. The van der Waals surface area contributed by atoms with Crippen LogP contribution in [-0.4, -0.2) is 63.0 Å². The molecule has 2 aliphatic heterocycles. The summed E-state index contributed by atoms with van der Waals surface area (Å²) in [5.74, 6) is 0.0876. The molecule has 0 unspecified atom stereocenters. The molecule has 0 atom stereocenters. The summed E-state index contributed by atoms with van der Waals surface area (Å²) in [5.41, 5.74) is 5.00. The molecule has 5 nitrogen and oxygen atoms in total. The maximum Gasteiger partial charge on any atom is 0.193 e. The monoisotopic (exact) mass is 392 g/mol. The second-order valence-electron chi connectivity index (χ2n) is 8.08. The maximum atomic E-state index is 13.2. The number of likely N-dealkylation sites (tertiary alicyclic amines) is 1. The number of rotatable bonds is 7. The van der Waals surface area contributed by atoms with Crippen molar-refractivity contribution in [3.63, 3.8) is 0 Å². The Kier molecular flexibility index (Phi) is 6.47. The third-order valence-electron chi connectivity index (χ3n) is 6.08. The van der Waals surface area contributed by atoms with Gasteiger partial charge in [0.05, 0.1) is 0 Å². The molecule has 2 aromatic carbocycles. The zero-order chi connectivity index (χ0) is 20.1. The van der Waals surface area contributed by atoms with Crippen molar-refractivity contribution in [3.8, 4) is 0 Å². The van der Waals surface area contributed by atoms with Crippen LogP contribution in [0.3, 0.4) is 0 Å². The highest BCUT2D eigenvalue weighted by Gasteiger charge is 2.19. The molecule has 2 aliphatic rings. The Labute approximate surface area is 174 Å². The van der Waals surface area contributed by atoms with E-state index in [1.165, 1.54) is 37.2 Å². The van der Waals surface area contributed by atoms with Gasteiger partial charge < -0.3 is 20.4 Å². The summed E-state index contributed by atoms with van der Waals surface area (Å²) >= 11 is 0. The number of piperazine rings is 1. The first kappa shape index (κ1) is 19.9. The SMILES string of the molecule is Cc1c(NCCN2CCCC2)cc(C(=O)c2ccccc2)cc1N1CCNCC1. The maximum absolute atomic E-state index is 13.2. The number of carbonyl (C=O) groups is 1. The quantitative estimate of drug-likeness (QED) is 0.709. The van der Waals surface area contributed by atoms with Crippen LogP contribution in [-0.2, 0) is 0 Å². The molecule has 2 N–H and O–H groups in total. The Bertz CT molecular complexity index is 824. The Morgan fingerprint density at radius 2 is 1.72 bits per heavy atom. The third kappa shape index (κ3) is 4.80. The summed E-state index contributed by atoms with van der Waals surface area (Å²) in [6.07, 6.45) is 2.63. The minimum Gasteiger partial charge on any atom is -0.383 e. The molecule has 0 bridgehead atoms. The second-order valence-corrected chi connectivity index (χ2v) is 8.08. The summed E-state index contributed by atoms with van der Waals surface area (Å²) in [6.45, 7) is 10.4. The minimum absolute atomic E-state index is 0.0876. The predicted molar refractivity (Wildman–Crippen MR) is 120 cm³/mol. The van der Waals surface area contributed by atoms with Gasteiger partial charge in [-0.25, -0.2) is 0 Å². The van der Waals surface area contributed by atoms with Crippen LogP contribution >= 0.6 is 0 Å². The lowest BCUT2D eigenvalue weighted by molar-refractivity contribution is 0.103. The van der Waals surface area contributed by atoms with Crippen LogP contribution in [0.2, 0.25) is 0 Å². The zero-order valence-corrected chi connectivity index (χ0v) is 17.4. The van der Waals surface area contributed by atoms with E-state index >= 15 is 0 Å². The second kappa shape index (κ2) is 9.42. The number of hydrogen-bond acceptors (Lipinski definition) is 5. The van der Waals surface area contributed by atoms with E-state index in [9.17, 15) is 4.79 Å². The molecule has 29 heavy (non-hydrogen) atoms. The van der Waals surface area contributed by atoms with Crippen molar-refractivity contribution < 1.29 is 4.79 Å². The van der Waals surface area contributed by atoms with Crippen LogP contribution in [0, 0.1) is 6.92 Å². The third-order valence-corrected chi connectivity index (χ3v) is 6.08. The van der Waals surface area contributed by atoms with Gasteiger partial charge in [0.1, 0.15) is 0 Å². The average Bonchev–Trinajstić information content (AvgIpc) is 3.29. The highest BCUT2D eigenvalue weighted by atomic mass is 16.1. The molecule has 0 aromatic heterocycles. The number of anilines is 2. The fourth-order valence-corrected chi connectivity index (χ4v) is 4.36. The Morgan fingerprint density at radius 3 is 2.45 bits per heavy atom.